The average molecular weight is 296 g/mol. The lowest BCUT2D eigenvalue weighted by Gasteiger charge is -2.35. The van der Waals surface area contributed by atoms with Crippen LogP contribution < -0.4 is 5.32 Å². The Morgan fingerprint density at radius 1 is 1.27 bits per heavy atom. The molecule has 2 fully saturated rings. The van der Waals surface area contributed by atoms with Crippen LogP contribution in [0.15, 0.2) is 24.4 Å². The van der Waals surface area contributed by atoms with Gasteiger partial charge in [-0.05, 0) is 51.3 Å². The summed E-state index contributed by atoms with van der Waals surface area (Å²) < 4.78 is 2.21. The van der Waals surface area contributed by atoms with Crippen molar-refractivity contribution < 1.29 is 0 Å². The lowest BCUT2D eigenvalue weighted by Crippen LogP contribution is -2.40. The molecule has 4 heteroatoms. The molecule has 0 aromatic carbocycles. The van der Waals surface area contributed by atoms with Crippen LogP contribution in [0.2, 0.25) is 0 Å². The molecule has 2 aromatic heterocycles. The van der Waals surface area contributed by atoms with Gasteiger partial charge in [0.2, 0.25) is 0 Å². The van der Waals surface area contributed by atoms with Crippen molar-refractivity contribution >= 4 is 0 Å². The van der Waals surface area contributed by atoms with E-state index < -0.39 is 0 Å². The Bertz CT molecular complexity index is 665. The fraction of sp³-hybridized carbons (Fsp3) is 0.556. The quantitative estimate of drug-likeness (QED) is 0.920. The van der Waals surface area contributed by atoms with Gasteiger partial charge in [-0.25, -0.2) is 0 Å². The predicted molar refractivity (Wildman–Crippen MR) is 87.9 cm³/mol. The zero-order valence-electron chi connectivity index (χ0n) is 13.4. The third-order valence-electron chi connectivity index (χ3n) is 5.07. The van der Waals surface area contributed by atoms with Gasteiger partial charge in [0.05, 0.1) is 17.4 Å². The third kappa shape index (κ3) is 2.45. The second-order valence-corrected chi connectivity index (χ2v) is 6.66. The van der Waals surface area contributed by atoms with E-state index in [1.807, 2.05) is 7.05 Å². The van der Waals surface area contributed by atoms with E-state index in [9.17, 15) is 0 Å². The largest absolute Gasteiger partial charge is 0.317 e. The molecular formula is C18H24N4. The van der Waals surface area contributed by atoms with E-state index in [2.05, 4.69) is 41.3 Å². The molecule has 1 N–H and O–H groups in total. The van der Waals surface area contributed by atoms with Gasteiger partial charge in [0.15, 0.2) is 0 Å². The topological polar surface area (TPSA) is 42.7 Å². The summed E-state index contributed by atoms with van der Waals surface area (Å²) in [4.78, 5) is 4.81. The van der Waals surface area contributed by atoms with Gasteiger partial charge in [0, 0.05) is 29.4 Å². The summed E-state index contributed by atoms with van der Waals surface area (Å²) >= 11 is 0. The van der Waals surface area contributed by atoms with E-state index in [1.54, 1.807) is 0 Å². The second-order valence-electron chi connectivity index (χ2n) is 6.66. The molecule has 2 aromatic rings. The van der Waals surface area contributed by atoms with Gasteiger partial charge in [-0.2, -0.15) is 5.10 Å². The van der Waals surface area contributed by atoms with E-state index in [0.717, 1.165) is 17.8 Å². The van der Waals surface area contributed by atoms with Crippen molar-refractivity contribution in [1.82, 2.24) is 20.1 Å². The molecular weight excluding hydrogens is 272 g/mol. The van der Waals surface area contributed by atoms with Crippen LogP contribution in [0.25, 0.3) is 11.3 Å². The molecule has 2 saturated carbocycles. The van der Waals surface area contributed by atoms with E-state index in [-0.39, 0.29) is 0 Å². The Morgan fingerprint density at radius 2 is 2.09 bits per heavy atom. The number of hydrogen-bond donors (Lipinski definition) is 1. The second kappa shape index (κ2) is 5.51. The zero-order valence-corrected chi connectivity index (χ0v) is 13.4. The van der Waals surface area contributed by atoms with E-state index >= 15 is 0 Å². The average Bonchev–Trinajstić information content (AvgIpc) is 3.26. The molecule has 0 amide bonds. The standard InChI is InChI=1S/C18H24N4/c1-3-13-5-4-6-17(20-13)16-11-22(15-9-14(10-15)19-2)21-18(16)12-7-8-12/h4-6,11-12,14-15,19H,3,7-10H2,1-2H3/t14-,15-. The van der Waals surface area contributed by atoms with Crippen molar-refractivity contribution in [2.24, 2.45) is 0 Å². The van der Waals surface area contributed by atoms with Gasteiger partial charge in [-0.15, -0.1) is 0 Å². The number of hydrogen-bond acceptors (Lipinski definition) is 3. The lowest BCUT2D eigenvalue weighted by molar-refractivity contribution is 0.219. The molecule has 0 radical (unpaired) electrons. The van der Waals surface area contributed by atoms with Gasteiger partial charge in [-0.3, -0.25) is 9.67 Å². The van der Waals surface area contributed by atoms with Gasteiger partial charge in [0.25, 0.3) is 0 Å². The zero-order chi connectivity index (χ0) is 15.1. The highest BCUT2D eigenvalue weighted by Gasteiger charge is 2.34. The fourth-order valence-corrected chi connectivity index (χ4v) is 3.31. The first-order chi connectivity index (χ1) is 10.8. The van der Waals surface area contributed by atoms with Crippen LogP contribution in [0.4, 0.5) is 0 Å². The summed E-state index contributed by atoms with van der Waals surface area (Å²) in [6.45, 7) is 2.16. The van der Waals surface area contributed by atoms with Crippen molar-refractivity contribution in [3.05, 3.63) is 35.8 Å². The smallest absolute Gasteiger partial charge is 0.0749 e. The summed E-state index contributed by atoms with van der Waals surface area (Å²) in [6.07, 6.45) is 8.15. The summed E-state index contributed by atoms with van der Waals surface area (Å²) in [5.41, 5.74) is 4.78. The molecule has 2 aliphatic carbocycles. The molecule has 0 aliphatic heterocycles. The highest BCUT2D eigenvalue weighted by Crippen LogP contribution is 2.44. The van der Waals surface area contributed by atoms with E-state index in [4.69, 9.17) is 10.1 Å². The third-order valence-corrected chi connectivity index (χ3v) is 5.07. The first kappa shape index (κ1) is 13.9. The molecule has 0 atom stereocenters. The van der Waals surface area contributed by atoms with E-state index in [0.29, 0.717) is 18.0 Å². The Kier molecular flexibility index (Phi) is 3.49. The first-order valence-corrected chi connectivity index (χ1v) is 8.51. The maximum absolute atomic E-state index is 4.94. The summed E-state index contributed by atoms with van der Waals surface area (Å²) in [5, 5.41) is 8.29. The van der Waals surface area contributed by atoms with Crippen molar-refractivity contribution in [3.63, 3.8) is 0 Å². The van der Waals surface area contributed by atoms with Gasteiger partial charge in [-0.1, -0.05) is 13.0 Å². The first-order valence-electron chi connectivity index (χ1n) is 8.51. The molecule has 4 rings (SSSR count). The molecule has 2 aliphatic rings. The van der Waals surface area contributed by atoms with E-state index in [1.165, 1.54) is 36.9 Å². The molecule has 116 valence electrons. The normalized spacial score (nSPS) is 24.3. The predicted octanol–water partition coefficient (Wildman–Crippen LogP) is 3.31. The maximum atomic E-state index is 4.94. The van der Waals surface area contributed by atoms with Gasteiger partial charge in [0.1, 0.15) is 0 Å². The number of pyridine rings is 1. The number of rotatable bonds is 5. The highest BCUT2D eigenvalue weighted by atomic mass is 15.3. The van der Waals surface area contributed by atoms with Crippen molar-refractivity contribution in [2.45, 2.75) is 57.0 Å². The van der Waals surface area contributed by atoms with Crippen LogP contribution in [-0.2, 0) is 6.42 Å². The fourth-order valence-electron chi connectivity index (χ4n) is 3.31. The molecule has 0 spiro atoms. The molecule has 22 heavy (non-hydrogen) atoms. The molecule has 0 bridgehead atoms. The van der Waals surface area contributed by atoms with Crippen molar-refractivity contribution in [1.29, 1.82) is 0 Å². The minimum Gasteiger partial charge on any atom is -0.317 e. The summed E-state index contributed by atoms with van der Waals surface area (Å²) in [7, 11) is 2.05. The van der Waals surface area contributed by atoms with Crippen LogP contribution in [0.1, 0.15) is 56.0 Å². The minimum atomic E-state index is 0.554. The van der Waals surface area contributed by atoms with Crippen LogP contribution in [0, 0.1) is 0 Å². The van der Waals surface area contributed by atoms with Crippen LogP contribution in [0.5, 0.6) is 0 Å². The Labute approximate surface area is 132 Å². The lowest BCUT2D eigenvalue weighted by atomic mass is 9.87. The maximum Gasteiger partial charge on any atom is 0.0749 e. The number of nitrogens with zero attached hydrogens (tertiary/aromatic N) is 3. The molecule has 0 saturated heterocycles. The van der Waals surface area contributed by atoms with Crippen LogP contribution in [-0.4, -0.2) is 27.9 Å². The Balaban J connectivity index is 1.67. The summed E-state index contributed by atoms with van der Waals surface area (Å²) in [5.74, 6) is 0.656. The number of aryl methyl sites for hydroxylation is 1. The monoisotopic (exact) mass is 296 g/mol. The van der Waals surface area contributed by atoms with Crippen molar-refractivity contribution in [2.75, 3.05) is 7.05 Å². The minimum absolute atomic E-state index is 0.554. The number of aromatic nitrogens is 3. The van der Waals surface area contributed by atoms with Gasteiger partial charge < -0.3 is 5.32 Å². The molecule has 4 nitrogen and oxygen atoms in total. The Morgan fingerprint density at radius 3 is 2.77 bits per heavy atom. The summed E-state index contributed by atoms with van der Waals surface area (Å²) in [6, 6.07) is 7.56. The number of nitrogens with one attached hydrogen (secondary N) is 1. The van der Waals surface area contributed by atoms with Crippen LogP contribution in [0.3, 0.4) is 0 Å². The molecule has 2 heterocycles. The molecule has 0 unspecified atom stereocenters. The Hall–Kier alpha value is -1.68. The SMILES string of the molecule is CCc1cccc(-c2cn([C@H]3C[C@H](NC)C3)nc2C2CC2)n1. The van der Waals surface area contributed by atoms with Crippen LogP contribution >= 0.6 is 0 Å². The van der Waals surface area contributed by atoms with Gasteiger partial charge >= 0.3 is 0 Å². The van der Waals surface area contributed by atoms with Crippen molar-refractivity contribution in [3.8, 4) is 11.3 Å². The highest BCUT2D eigenvalue weighted by molar-refractivity contribution is 5.63.